The molecular formula is C14H28N2O. The Bertz CT molecular complexity index is 218. The van der Waals surface area contributed by atoms with Crippen molar-refractivity contribution in [2.75, 3.05) is 32.7 Å². The number of hydrogen-bond acceptors (Lipinski definition) is 2. The van der Waals surface area contributed by atoms with Crippen LogP contribution in [0.5, 0.6) is 0 Å². The summed E-state index contributed by atoms with van der Waals surface area (Å²) in [5, 5.41) is 0. The lowest BCUT2D eigenvalue weighted by molar-refractivity contribution is -0.132. The lowest BCUT2D eigenvalue weighted by atomic mass is 9.96. The van der Waals surface area contributed by atoms with Gasteiger partial charge in [-0.15, -0.1) is 0 Å². The zero-order chi connectivity index (χ0) is 12.7. The number of nitrogens with zero attached hydrogens (tertiary/aromatic N) is 2. The maximum atomic E-state index is 11.8. The third-order valence-electron chi connectivity index (χ3n) is 3.84. The van der Waals surface area contributed by atoms with Gasteiger partial charge in [-0.3, -0.25) is 4.79 Å². The van der Waals surface area contributed by atoms with Crippen LogP contribution >= 0.6 is 0 Å². The fraction of sp³-hybridized carbons (Fsp3) is 0.929. The molecule has 3 nitrogen and oxygen atoms in total. The van der Waals surface area contributed by atoms with Crippen molar-refractivity contribution >= 4 is 5.91 Å². The van der Waals surface area contributed by atoms with E-state index in [9.17, 15) is 4.79 Å². The van der Waals surface area contributed by atoms with Crippen LogP contribution in [-0.4, -0.2) is 48.4 Å². The SMILES string of the molecule is CCCC(=O)N1CCC(CN(CC)CC)CC1. The molecule has 0 unspecified atom stereocenters. The van der Waals surface area contributed by atoms with Crippen molar-refractivity contribution in [2.24, 2.45) is 5.92 Å². The maximum Gasteiger partial charge on any atom is 0.222 e. The van der Waals surface area contributed by atoms with Gasteiger partial charge in [0.25, 0.3) is 0 Å². The van der Waals surface area contributed by atoms with E-state index < -0.39 is 0 Å². The molecule has 0 aromatic heterocycles. The minimum Gasteiger partial charge on any atom is -0.343 e. The van der Waals surface area contributed by atoms with Crippen LogP contribution in [-0.2, 0) is 4.79 Å². The Kier molecular flexibility index (Phi) is 6.56. The van der Waals surface area contributed by atoms with Gasteiger partial charge in [-0.25, -0.2) is 0 Å². The first-order valence-electron chi connectivity index (χ1n) is 7.21. The normalized spacial score (nSPS) is 17.8. The molecule has 0 N–H and O–H groups in total. The predicted octanol–water partition coefficient (Wildman–Crippen LogP) is 2.37. The smallest absolute Gasteiger partial charge is 0.222 e. The Morgan fingerprint density at radius 3 is 2.24 bits per heavy atom. The molecule has 0 aromatic carbocycles. The second kappa shape index (κ2) is 7.70. The quantitative estimate of drug-likeness (QED) is 0.711. The summed E-state index contributed by atoms with van der Waals surface area (Å²) in [7, 11) is 0. The first kappa shape index (κ1) is 14.5. The molecule has 1 amide bonds. The monoisotopic (exact) mass is 240 g/mol. The number of piperidine rings is 1. The second-order valence-corrected chi connectivity index (χ2v) is 5.06. The summed E-state index contributed by atoms with van der Waals surface area (Å²) >= 11 is 0. The van der Waals surface area contributed by atoms with Crippen molar-refractivity contribution in [3.8, 4) is 0 Å². The fourth-order valence-corrected chi connectivity index (χ4v) is 2.58. The molecule has 1 aliphatic rings. The van der Waals surface area contributed by atoms with Crippen LogP contribution < -0.4 is 0 Å². The van der Waals surface area contributed by atoms with E-state index in [-0.39, 0.29) is 0 Å². The Morgan fingerprint density at radius 2 is 1.76 bits per heavy atom. The highest BCUT2D eigenvalue weighted by molar-refractivity contribution is 5.76. The number of carbonyl (C=O) groups excluding carboxylic acids is 1. The minimum atomic E-state index is 0.355. The molecule has 1 heterocycles. The lowest BCUT2D eigenvalue weighted by Crippen LogP contribution is -2.41. The van der Waals surface area contributed by atoms with E-state index in [2.05, 4.69) is 30.6 Å². The van der Waals surface area contributed by atoms with Gasteiger partial charge < -0.3 is 9.80 Å². The highest BCUT2D eigenvalue weighted by Crippen LogP contribution is 2.19. The summed E-state index contributed by atoms with van der Waals surface area (Å²) in [6, 6.07) is 0. The van der Waals surface area contributed by atoms with E-state index in [1.165, 1.54) is 19.4 Å². The highest BCUT2D eigenvalue weighted by Gasteiger charge is 2.22. The van der Waals surface area contributed by atoms with Crippen molar-refractivity contribution in [2.45, 2.75) is 46.5 Å². The second-order valence-electron chi connectivity index (χ2n) is 5.06. The highest BCUT2D eigenvalue weighted by atomic mass is 16.2. The van der Waals surface area contributed by atoms with Gasteiger partial charge in [-0.05, 0) is 38.3 Å². The Hall–Kier alpha value is -0.570. The average molecular weight is 240 g/mol. The summed E-state index contributed by atoms with van der Waals surface area (Å²) in [5.74, 6) is 1.15. The molecule has 0 aliphatic carbocycles. The van der Waals surface area contributed by atoms with Gasteiger partial charge in [0.05, 0.1) is 0 Å². The van der Waals surface area contributed by atoms with Crippen molar-refractivity contribution in [3.05, 3.63) is 0 Å². The van der Waals surface area contributed by atoms with Crippen LogP contribution in [0, 0.1) is 5.92 Å². The van der Waals surface area contributed by atoms with E-state index in [1.807, 2.05) is 0 Å². The van der Waals surface area contributed by atoms with Crippen LogP contribution in [0.2, 0.25) is 0 Å². The van der Waals surface area contributed by atoms with E-state index >= 15 is 0 Å². The molecule has 0 spiro atoms. The van der Waals surface area contributed by atoms with E-state index in [0.717, 1.165) is 44.9 Å². The van der Waals surface area contributed by atoms with Crippen LogP contribution in [0.3, 0.4) is 0 Å². The van der Waals surface area contributed by atoms with Crippen LogP contribution in [0.25, 0.3) is 0 Å². The molecule has 1 rings (SSSR count). The third kappa shape index (κ3) is 4.66. The summed E-state index contributed by atoms with van der Waals surface area (Å²) in [6.45, 7) is 12.0. The number of rotatable bonds is 6. The molecule has 100 valence electrons. The van der Waals surface area contributed by atoms with Crippen molar-refractivity contribution in [3.63, 3.8) is 0 Å². The lowest BCUT2D eigenvalue weighted by Gasteiger charge is -2.34. The summed E-state index contributed by atoms with van der Waals surface area (Å²) < 4.78 is 0. The molecule has 17 heavy (non-hydrogen) atoms. The number of amides is 1. The Balaban J connectivity index is 2.28. The number of carbonyl (C=O) groups is 1. The molecule has 0 saturated carbocycles. The van der Waals surface area contributed by atoms with Crippen molar-refractivity contribution in [1.29, 1.82) is 0 Å². The van der Waals surface area contributed by atoms with Gasteiger partial charge in [0.2, 0.25) is 5.91 Å². The zero-order valence-corrected chi connectivity index (χ0v) is 11.7. The molecule has 0 bridgehead atoms. The molecule has 0 aromatic rings. The molecule has 0 radical (unpaired) electrons. The minimum absolute atomic E-state index is 0.355. The first-order valence-corrected chi connectivity index (χ1v) is 7.21. The average Bonchev–Trinajstić information content (AvgIpc) is 2.37. The van der Waals surface area contributed by atoms with Crippen molar-refractivity contribution < 1.29 is 4.79 Å². The van der Waals surface area contributed by atoms with Gasteiger partial charge in [0.1, 0.15) is 0 Å². The van der Waals surface area contributed by atoms with Gasteiger partial charge in [-0.2, -0.15) is 0 Å². The largest absolute Gasteiger partial charge is 0.343 e. The summed E-state index contributed by atoms with van der Waals surface area (Å²) in [4.78, 5) is 16.3. The molecule has 0 atom stereocenters. The third-order valence-corrected chi connectivity index (χ3v) is 3.84. The van der Waals surface area contributed by atoms with E-state index in [1.54, 1.807) is 0 Å². The summed E-state index contributed by atoms with van der Waals surface area (Å²) in [5.41, 5.74) is 0. The predicted molar refractivity (Wildman–Crippen MR) is 72.0 cm³/mol. The maximum absolute atomic E-state index is 11.8. The Labute approximate surface area is 106 Å². The fourth-order valence-electron chi connectivity index (χ4n) is 2.58. The van der Waals surface area contributed by atoms with E-state index in [0.29, 0.717) is 5.91 Å². The van der Waals surface area contributed by atoms with E-state index in [4.69, 9.17) is 0 Å². The van der Waals surface area contributed by atoms with Crippen LogP contribution in [0.1, 0.15) is 46.5 Å². The molecule has 1 saturated heterocycles. The standard InChI is InChI=1S/C14H28N2O/c1-4-7-14(17)16-10-8-13(9-11-16)12-15(5-2)6-3/h13H,4-12H2,1-3H3. The van der Waals surface area contributed by atoms with Gasteiger partial charge >= 0.3 is 0 Å². The molecule has 1 aliphatic heterocycles. The van der Waals surface area contributed by atoms with Crippen molar-refractivity contribution in [1.82, 2.24) is 9.80 Å². The molecule has 1 fully saturated rings. The van der Waals surface area contributed by atoms with Crippen LogP contribution in [0.15, 0.2) is 0 Å². The van der Waals surface area contributed by atoms with Gasteiger partial charge in [0.15, 0.2) is 0 Å². The number of hydrogen-bond donors (Lipinski definition) is 0. The van der Waals surface area contributed by atoms with Gasteiger partial charge in [-0.1, -0.05) is 20.8 Å². The summed E-state index contributed by atoms with van der Waals surface area (Å²) in [6.07, 6.45) is 4.07. The first-order chi connectivity index (χ1) is 8.21. The molecular weight excluding hydrogens is 212 g/mol. The Morgan fingerprint density at radius 1 is 1.18 bits per heavy atom. The zero-order valence-electron chi connectivity index (χ0n) is 11.7. The topological polar surface area (TPSA) is 23.6 Å². The van der Waals surface area contributed by atoms with Crippen LogP contribution in [0.4, 0.5) is 0 Å². The number of likely N-dealkylation sites (tertiary alicyclic amines) is 1. The van der Waals surface area contributed by atoms with Gasteiger partial charge in [0, 0.05) is 26.1 Å². The molecule has 3 heteroatoms.